The zero-order valence-corrected chi connectivity index (χ0v) is 5.00. The van der Waals surface area contributed by atoms with Crippen molar-refractivity contribution in [1.82, 2.24) is 0 Å². The lowest BCUT2D eigenvalue weighted by Crippen LogP contribution is -1.94. The van der Waals surface area contributed by atoms with Crippen LogP contribution >= 0.6 is 11.8 Å². The van der Waals surface area contributed by atoms with Crippen LogP contribution < -0.4 is 0 Å². The first kappa shape index (κ1) is 4.98. The average Bonchev–Trinajstić information content (AvgIpc) is 2.46. The summed E-state index contributed by atoms with van der Waals surface area (Å²) >= 11 is 1.88. The summed E-state index contributed by atoms with van der Waals surface area (Å²) in [7, 11) is 0. The topological polar surface area (TPSA) is 0 Å². The van der Waals surface area contributed by atoms with Crippen LogP contribution in [0, 0.1) is 0 Å². The number of hydrogen-bond acceptors (Lipinski definition) is 1. The summed E-state index contributed by atoms with van der Waals surface area (Å²) in [5.41, 5.74) is 0. The van der Waals surface area contributed by atoms with E-state index >= 15 is 0 Å². The zero-order chi connectivity index (χ0) is 5.33. The molecule has 1 saturated heterocycles. The molecule has 1 heterocycles. The highest BCUT2D eigenvalue weighted by atomic mass is 32.2. The highest BCUT2D eigenvalue weighted by molar-refractivity contribution is 8.08. The Bertz CT molecular complexity index is 90.7. The quantitative estimate of drug-likeness (QED) is 0.388. The van der Waals surface area contributed by atoms with Crippen molar-refractivity contribution in [2.24, 2.45) is 0 Å². The van der Waals surface area contributed by atoms with Crippen molar-refractivity contribution in [2.45, 2.75) is 4.75 Å². The first-order chi connectivity index (χ1) is 3.33. The smallest absolute Gasteiger partial charge is 0.0605 e. The first-order valence-electron chi connectivity index (χ1n) is 2.24. The van der Waals surface area contributed by atoms with E-state index in [1.54, 1.807) is 0 Å². The summed E-state index contributed by atoms with van der Waals surface area (Å²) in [5.74, 6) is 1.18. The minimum Gasteiger partial charge on any atom is -0.144 e. The van der Waals surface area contributed by atoms with Gasteiger partial charge in [-0.3, -0.25) is 0 Å². The lowest BCUT2D eigenvalue weighted by Gasteiger charge is -1.92. The molecule has 0 amide bonds. The molecule has 0 spiro atoms. The van der Waals surface area contributed by atoms with Crippen molar-refractivity contribution in [3.8, 4) is 0 Å². The molecule has 0 aliphatic carbocycles. The average molecular weight is 112 g/mol. The second-order valence-corrected chi connectivity index (χ2v) is 2.99. The van der Waals surface area contributed by atoms with Gasteiger partial charge in [0, 0.05) is 5.75 Å². The van der Waals surface area contributed by atoms with E-state index < -0.39 is 0 Å². The van der Waals surface area contributed by atoms with Crippen molar-refractivity contribution in [3.05, 3.63) is 25.3 Å². The van der Waals surface area contributed by atoms with Crippen LogP contribution in [-0.2, 0) is 0 Å². The fraction of sp³-hybridized carbons (Fsp3) is 0.333. The molecule has 0 nitrogen and oxygen atoms in total. The Labute approximate surface area is 48.3 Å². The number of thioether (sulfide) groups is 1. The van der Waals surface area contributed by atoms with E-state index in [2.05, 4.69) is 13.2 Å². The van der Waals surface area contributed by atoms with Crippen LogP contribution in [0.5, 0.6) is 0 Å². The van der Waals surface area contributed by atoms with Crippen LogP contribution in [0.4, 0.5) is 0 Å². The second kappa shape index (κ2) is 1.41. The molecule has 1 rings (SSSR count). The van der Waals surface area contributed by atoms with Gasteiger partial charge in [-0.1, -0.05) is 12.2 Å². The van der Waals surface area contributed by atoms with E-state index in [9.17, 15) is 0 Å². The summed E-state index contributed by atoms with van der Waals surface area (Å²) in [5, 5.41) is 0. The van der Waals surface area contributed by atoms with E-state index in [1.165, 1.54) is 5.75 Å². The lowest BCUT2D eigenvalue weighted by atomic mass is 10.2. The van der Waals surface area contributed by atoms with Gasteiger partial charge >= 0.3 is 0 Å². The van der Waals surface area contributed by atoms with Gasteiger partial charge in [0.25, 0.3) is 0 Å². The molecule has 1 fully saturated rings. The Morgan fingerprint density at radius 3 is 1.86 bits per heavy atom. The van der Waals surface area contributed by atoms with E-state index in [0.717, 1.165) is 0 Å². The SMILES string of the molecule is C=CC1(C=C)CS1. The number of hydrogen-bond donors (Lipinski definition) is 0. The van der Waals surface area contributed by atoms with Crippen LogP contribution in [0.3, 0.4) is 0 Å². The highest BCUT2D eigenvalue weighted by Crippen LogP contribution is 2.46. The predicted octanol–water partition coefficient (Wildman–Crippen LogP) is 1.84. The normalized spacial score (nSPS) is 23.4. The van der Waals surface area contributed by atoms with Gasteiger partial charge < -0.3 is 0 Å². The molecule has 38 valence electrons. The molecule has 0 aromatic heterocycles. The Morgan fingerprint density at radius 2 is 1.86 bits per heavy atom. The third-order valence-electron chi connectivity index (χ3n) is 1.17. The molecule has 0 radical (unpaired) electrons. The Morgan fingerprint density at radius 1 is 1.43 bits per heavy atom. The van der Waals surface area contributed by atoms with Crippen molar-refractivity contribution in [3.63, 3.8) is 0 Å². The molecule has 0 aromatic rings. The summed E-state index contributed by atoms with van der Waals surface area (Å²) in [6.45, 7) is 7.35. The van der Waals surface area contributed by atoms with Crippen LogP contribution in [0.15, 0.2) is 25.3 Å². The highest BCUT2D eigenvalue weighted by Gasteiger charge is 2.36. The molecule has 0 N–H and O–H groups in total. The van der Waals surface area contributed by atoms with E-state index in [1.807, 2.05) is 23.9 Å². The molecule has 7 heavy (non-hydrogen) atoms. The fourth-order valence-electron chi connectivity index (χ4n) is 0.402. The van der Waals surface area contributed by atoms with Gasteiger partial charge in [-0.2, -0.15) is 0 Å². The maximum atomic E-state index is 3.67. The number of rotatable bonds is 2. The van der Waals surface area contributed by atoms with Crippen LogP contribution in [0.25, 0.3) is 0 Å². The van der Waals surface area contributed by atoms with Gasteiger partial charge in [-0.05, 0) is 0 Å². The van der Waals surface area contributed by atoms with Gasteiger partial charge in [0.05, 0.1) is 4.75 Å². The Hall–Kier alpha value is -0.170. The van der Waals surface area contributed by atoms with Crippen molar-refractivity contribution in [1.29, 1.82) is 0 Å². The lowest BCUT2D eigenvalue weighted by molar-refractivity contribution is 1.15. The third kappa shape index (κ3) is 0.729. The van der Waals surface area contributed by atoms with Crippen molar-refractivity contribution >= 4 is 11.8 Å². The van der Waals surface area contributed by atoms with E-state index in [-0.39, 0.29) is 4.75 Å². The summed E-state index contributed by atoms with van der Waals surface area (Å²) in [6, 6.07) is 0. The molecule has 1 heteroatoms. The summed E-state index contributed by atoms with van der Waals surface area (Å²) in [4.78, 5) is 0. The largest absolute Gasteiger partial charge is 0.144 e. The summed E-state index contributed by atoms with van der Waals surface area (Å²) < 4.78 is 0.278. The second-order valence-electron chi connectivity index (χ2n) is 1.65. The van der Waals surface area contributed by atoms with Gasteiger partial charge in [-0.15, -0.1) is 24.9 Å². The molecule has 0 atom stereocenters. The predicted molar refractivity (Wildman–Crippen MR) is 35.6 cm³/mol. The van der Waals surface area contributed by atoms with Crippen LogP contribution in [-0.4, -0.2) is 10.5 Å². The van der Waals surface area contributed by atoms with Gasteiger partial charge in [-0.25, -0.2) is 0 Å². The first-order valence-corrected chi connectivity index (χ1v) is 3.23. The van der Waals surface area contributed by atoms with Gasteiger partial charge in [0.1, 0.15) is 0 Å². The molecular weight excluding hydrogens is 104 g/mol. The molecule has 0 saturated carbocycles. The maximum Gasteiger partial charge on any atom is 0.0605 e. The van der Waals surface area contributed by atoms with Crippen molar-refractivity contribution in [2.75, 3.05) is 5.75 Å². The monoisotopic (exact) mass is 112 g/mol. The fourth-order valence-corrected chi connectivity index (χ4v) is 1.04. The minimum atomic E-state index is 0.278. The third-order valence-corrected chi connectivity index (χ3v) is 2.46. The summed E-state index contributed by atoms with van der Waals surface area (Å²) in [6.07, 6.45) is 3.90. The van der Waals surface area contributed by atoms with Gasteiger partial charge in [0.15, 0.2) is 0 Å². The molecule has 1 aliphatic heterocycles. The molecule has 1 aliphatic rings. The Kier molecular flexibility index (Phi) is 1.00. The maximum absolute atomic E-state index is 3.67. The minimum absolute atomic E-state index is 0.278. The van der Waals surface area contributed by atoms with Crippen LogP contribution in [0.2, 0.25) is 0 Å². The van der Waals surface area contributed by atoms with Crippen LogP contribution in [0.1, 0.15) is 0 Å². The van der Waals surface area contributed by atoms with Crippen molar-refractivity contribution < 1.29 is 0 Å². The standard InChI is InChI=1S/C6H8S/c1-3-6(4-2)5-7-6/h3-4H,1-2,5H2. The molecule has 0 bridgehead atoms. The zero-order valence-electron chi connectivity index (χ0n) is 4.18. The van der Waals surface area contributed by atoms with E-state index in [4.69, 9.17) is 0 Å². The van der Waals surface area contributed by atoms with E-state index in [0.29, 0.717) is 0 Å². The molecule has 0 aromatic carbocycles. The Balaban J connectivity index is 2.58. The molecular formula is C6H8S. The van der Waals surface area contributed by atoms with Gasteiger partial charge in [0.2, 0.25) is 0 Å². The molecule has 0 unspecified atom stereocenters.